The molecule has 0 aromatic heterocycles. The smallest absolute Gasteiger partial charge is 0.234 e. The van der Waals surface area contributed by atoms with Crippen molar-refractivity contribution in [2.24, 2.45) is 5.73 Å². The van der Waals surface area contributed by atoms with Crippen LogP contribution >= 0.6 is 0 Å². The van der Waals surface area contributed by atoms with E-state index in [1.165, 1.54) is 0 Å². The van der Waals surface area contributed by atoms with Crippen LogP contribution in [0.15, 0.2) is 0 Å². The number of likely N-dealkylation sites (N-methyl/N-ethyl adjacent to an activating group) is 1. The number of aliphatic hydroxyl groups excluding tert-OH is 1. The Labute approximate surface area is 59.6 Å². The van der Waals surface area contributed by atoms with Gasteiger partial charge in [0.05, 0.1) is 12.1 Å². The van der Waals surface area contributed by atoms with Gasteiger partial charge in [-0.2, -0.15) is 0 Å². The van der Waals surface area contributed by atoms with E-state index < -0.39 is 0 Å². The van der Waals surface area contributed by atoms with Crippen molar-refractivity contribution in [1.82, 2.24) is 4.90 Å². The summed E-state index contributed by atoms with van der Waals surface area (Å²) in [6.45, 7) is 0.549. The van der Waals surface area contributed by atoms with Crippen LogP contribution in [0.5, 0.6) is 0 Å². The normalized spacial score (nSPS) is 34.6. The molecule has 1 saturated heterocycles. The van der Waals surface area contributed by atoms with Crippen LogP contribution in [0.4, 0.5) is 0 Å². The van der Waals surface area contributed by atoms with Crippen LogP contribution in [0, 0.1) is 0 Å². The molecule has 1 fully saturated rings. The first kappa shape index (κ1) is 7.50. The summed E-state index contributed by atoms with van der Waals surface area (Å²) in [6, 6.07) is -0.269. The monoisotopic (exact) mass is 144 g/mol. The Morgan fingerprint density at radius 3 is 2.60 bits per heavy atom. The number of hydrogen-bond acceptors (Lipinski definition) is 3. The number of likely N-dealkylation sites (tertiary alicyclic amines) is 1. The number of nitrogens with zero attached hydrogens (tertiary/aromatic N) is 1. The summed E-state index contributed by atoms with van der Waals surface area (Å²) in [5, 5.41) is 9.07. The average molecular weight is 144 g/mol. The summed E-state index contributed by atoms with van der Waals surface area (Å²) >= 11 is 0. The van der Waals surface area contributed by atoms with Crippen molar-refractivity contribution in [2.75, 3.05) is 13.6 Å². The summed E-state index contributed by atoms with van der Waals surface area (Å²) in [5.41, 5.74) is 5.06. The van der Waals surface area contributed by atoms with Crippen molar-refractivity contribution < 1.29 is 9.90 Å². The third-order valence-electron chi connectivity index (χ3n) is 1.85. The molecule has 4 heteroatoms. The number of aliphatic hydroxyl groups is 1. The zero-order chi connectivity index (χ0) is 7.72. The molecular weight excluding hydrogens is 132 g/mol. The highest BCUT2D eigenvalue weighted by Gasteiger charge is 2.31. The van der Waals surface area contributed by atoms with Gasteiger partial charge in [-0.25, -0.2) is 0 Å². The molecule has 0 unspecified atom stereocenters. The molecule has 1 aliphatic heterocycles. The molecule has 0 saturated carbocycles. The maximum atomic E-state index is 10.6. The molecule has 1 amide bonds. The van der Waals surface area contributed by atoms with Gasteiger partial charge in [0.15, 0.2) is 0 Å². The molecule has 0 aliphatic carbocycles. The topological polar surface area (TPSA) is 66.6 Å². The first-order valence-corrected chi connectivity index (χ1v) is 3.29. The van der Waals surface area contributed by atoms with Gasteiger partial charge in [-0.3, -0.25) is 9.69 Å². The number of primary amides is 1. The van der Waals surface area contributed by atoms with E-state index in [0.29, 0.717) is 13.0 Å². The van der Waals surface area contributed by atoms with Crippen LogP contribution in [0.3, 0.4) is 0 Å². The number of carbonyl (C=O) groups excluding carboxylic acids is 1. The molecule has 58 valence electrons. The third-order valence-corrected chi connectivity index (χ3v) is 1.85. The predicted molar refractivity (Wildman–Crippen MR) is 36.2 cm³/mol. The second-order valence-corrected chi connectivity index (χ2v) is 2.75. The molecule has 4 nitrogen and oxygen atoms in total. The number of β-amino-alcohol motifs (C(OH)–C–C–N with tert-alkyl or cyclic N) is 1. The number of carbonyl (C=O) groups is 1. The second-order valence-electron chi connectivity index (χ2n) is 2.75. The Morgan fingerprint density at radius 2 is 2.40 bits per heavy atom. The van der Waals surface area contributed by atoms with Crippen LogP contribution in [0.25, 0.3) is 0 Å². The van der Waals surface area contributed by atoms with E-state index in [2.05, 4.69) is 0 Å². The predicted octanol–water partition coefficient (Wildman–Crippen LogP) is -1.46. The van der Waals surface area contributed by atoms with Gasteiger partial charge in [0.25, 0.3) is 0 Å². The van der Waals surface area contributed by atoms with Crippen LogP contribution < -0.4 is 5.73 Å². The maximum Gasteiger partial charge on any atom is 0.234 e. The Bertz CT molecular complexity index is 149. The molecule has 0 bridgehead atoms. The van der Waals surface area contributed by atoms with E-state index in [-0.39, 0.29) is 18.1 Å². The van der Waals surface area contributed by atoms with E-state index in [0.717, 1.165) is 0 Å². The number of rotatable bonds is 1. The minimum atomic E-state index is -0.387. The minimum absolute atomic E-state index is 0.269. The highest BCUT2D eigenvalue weighted by molar-refractivity contribution is 5.80. The third kappa shape index (κ3) is 1.27. The van der Waals surface area contributed by atoms with E-state index in [1.807, 2.05) is 0 Å². The SMILES string of the molecule is CN1C[C@@H](O)C[C@H]1C(N)=O. The summed E-state index contributed by atoms with van der Waals surface area (Å²) in [4.78, 5) is 12.4. The fraction of sp³-hybridized carbons (Fsp3) is 0.833. The zero-order valence-corrected chi connectivity index (χ0v) is 5.95. The van der Waals surface area contributed by atoms with Gasteiger partial charge < -0.3 is 10.8 Å². The van der Waals surface area contributed by atoms with Gasteiger partial charge in [-0.1, -0.05) is 0 Å². The largest absolute Gasteiger partial charge is 0.392 e. The lowest BCUT2D eigenvalue weighted by Gasteiger charge is -2.13. The van der Waals surface area contributed by atoms with E-state index in [4.69, 9.17) is 10.8 Å². The number of amides is 1. The number of nitrogens with two attached hydrogens (primary N) is 1. The first-order chi connectivity index (χ1) is 4.61. The zero-order valence-electron chi connectivity index (χ0n) is 5.95. The summed E-state index contributed by atoms with van der Waals surface area (Å²) < 4.78 is 0. The van der Waals surface area contributed by atoms with E-state index in [9.17, 15) is 4.79 Å². The van der Waals surface area contributed by atoms with Crippen molar-refractivity contribution in [3.05, 3.63) is 0 Å². The molecule has 1 heterocycles. The molecule has 0 aromatic rings. The fourth-order valence-corrected chi connectivity index (χ4v) is 1.31. The lowest BCUT2D eigenvalue weighted by atomic mass is 10.2. The molecule has 2 atom stereocenters. The van der Waals surface area contributed by atoms with Crippen molar-refractivity contribution in [3.8, 4) is 0 Å². The van der Waals surface area contributed by atoms with Crippen molar-refractivity contribution in [3.63, 3.8) is 0 Å². The molecule has 1 rings (SSSR count). The molecule has 3 N–H and O–H groups in total. The highest BCUT2D eigenvalue weighted by atomic mass is 16.3. The van der Waals surface area contributed by atoms with Crippen molar-refractivity contribution >= 4 is 5.91 Å². The molecule has 0 aromatic carbocycles. The minimum Gasteiger partial charge on any atom is -0.392 e. The van der Waals surface area contributed by atoms with Gasteiger partial charge in [-0.15, -0.1) is 0 Å². The maximum absolute atomic E-state index is 10.6. The summed E-state index contributed by atoms with van der Waals surface area (Å²) in [5.74, 6) is -0.348. The number of hydrogen-bond donors (Lipinski definition) is 2. The van der Waals surface area contributed by atoms with E-state index in [1.54, 1.807) is 11.9 Å². The molecule has 0 radical (unpaired) electrons. The van der Waals surface area contributed by atoms with Crippen LogP contribution in [-0.4, -0.2) is 41.7 Å². The standard InChI is InChI=1S/C6H12N2O2/c1-8-3-4(9)2-5(8)6(7)10/h4-5,9H,2-3H2,1H3,(H2,7,10)/t4-,5-/m0/s1. The Balaban J connectivity index is 2.54. The summed E-state index contributed by atoms with van der Waals surface area (Å²) in [6.07, 6.45) is 0.0914. The van der Waals surface area contributed by atoms with Gasteiger partial charge in [0.2, 0.25) is 5.91 Å². The lowest BCUT2D eigenvalue weighted by Crippen LogP contribution is -2.37. The Morgan fingerprint density at radius 1 is 1.80 bits per heavy atom. The van der Waals surface area contributed by atoms with E-state index >= 15 is 0 Å². The second kappa shape index (κ2) is 2.56. The first-order valence-electron chi connectivity index (χ1n) is 3.29. The van der Waals surface area contributed by atoms with Gasteiger partial charge in [0.1, 0.15) is 0 Å². The highest BCUT2D eigenvalue weighted by Crippen LogP contribution is 2.14. The van der Waals surface area contributed by atoms with Crippen LogP contribution in [-0.2, 0) is 4.79 Å². The fourth-order valence-electron chi connectivity index (χ4n) is 1.31. The van der Waals surface area contributed by atoms with Crippen LogP contribution in [0.2, 0.25) is 0 Å². The van der Waals surface area contributed by atoms with Crippen molar-refractivity contribution in [1.29, 1.82) is 0 Å². The van der Waals surface area contributed by atoms with Crippen molar-refractivity contribution in [2.45, 2.75) is 18.6 Å². The quantitative estimate of drug-likeness (QED) is 0.472. The molecule has 1 aliphatic rings. The Hall–Kier alpha value is -0.610. The Kier molecular flexibility index (Phi) is 1.92. The molecule has 10 heavy (non-hydrogen) atoms. The average Bonchev–Trinajstić information content (AvgIpc) is 2.10. The van der Waals surface area contributed by atoms with Gasteiger partial charge in [-0.05, 0) is 13.5 Å². The van der Waals surface area contributed by atoms with Gasteiger partial charge >= 0.3 is 0 Å². The molecule has 0 spiro atoms. The molecular formula is C6H12N2O2. The van der Waals surface area contributed by atoms with Gasteiger partial charge in [0, 0.05) is 6.54 Å². The lowest BCUT2D eigenvalue weighted by molar-refractivity contribution is -0.121. The van der Waals surface area contributed by atoms with Crippen LogP contribution in [0.1, 0.15) is 6.42 Å². The summed E-state index contributed by atoms with van der Waals surface area (Å²) in [7, 11) is 1.78.